The van der Waals surface area contributed by atoms with Gasteiger partial charge in [-0.05, 0) is 38.8 Å². The third kappa shape index (κ3) is 4.76. The molecule has 122 valence electrons. The van der Waals surface area contributed by atoms with E-state index in [9.17, 15) is 9.59 Å². The second-order valence-corrected chi connectivity index (χ2v) is 5.37. The molecule has 0 saturated carbocycles. The van der Waals surface area contributed by atoms with E-state index in [-0.39, 0.29) is 18.9 Å². The molecular weight excluding hydrogens is 280 g/mol. The highest BCUT2D eigenvalue weighted by Gasteiger charge is 2.19. The van der Waals surface area contributed by atoms with Crippen LogP contribution in [0, 0.1) is 13.8 Å². The Kier molecular flexibility index (Phi) is 6.89. The Hall–Kier alpha value is -2.04. The number of aryl methyl sites for hydroxylation is 2. The molecule has 5 heteroatoms. The van der Waals surface area contributed by atoms with E-state index < -0.39 is 5.97 Å². The number of benzene rings is 1. The van der Waals surface area contributed by atoms with Crippen molar-refractivity contribution in [3.8, 4) is 0 Å². The van der Waals surface area contributed by atoms with Crippen LogP contribution in [0.1, 0.15) is 31.4 Å². The quantitative estimate of drug-likeness (QED) is 0.801. The van der Waals surface area contributed by atoms with Gasteiger partial charge in [0.25, 0.3) is 0 Å². The summed E-state index contributed by atoms with van der Waals surface area (Å²) >= 11 is 0. The number of rotatable bonds is 8. The van der Waals surface area contributed by atoms with E-state index in [2.05, 4.69) is 0 Å². The average Bonchev–Trinajstić information content (AvgIpc) is 2.45. The minimum atomic E-state index is -0.855. The molecule has 0 bridgehead atoms. The number of carboxylic acids is 1. The zero-order valence-corrected chi connectivity index (χ0v) is 13.9. The second kappa shape index (κ2) is 8.41. The number of likely N-dealkylation sites (N-methyl/N-ethyl adjacent to an activating group) is 1. The van der Waals surface area contributed by atoms with Crippen LogP contribution in [0.5, 0.6) is 0 Å². The molecule has 0 heterocycles. The lowest BCUT2D eigenvalue weighted by molar-refractivity contribution is -0.137. The van der Waals surface area contributed by atoms with Gasteiger partial charge in [0.1, 0.15) is 0 Å². The highest BCUT2D eigenvalue weighted by Crippen LogP contribution is 2.24. The minimum Gasteiger partial charge on any atom is -0.481 e. The Balaban J connectivity index is 3.03. The van der Waals surface area contributed by atoms with Crippen LogP contribution < -0.4 is 4.90 Å². The third-order valence-electron chi connectivity index (χ3n) is 3.79. The van der Waals surface area contributed by atoms with Crippen molar-refractivity contribution in [3.05, 3.63) is 29.3 Å². The monoisotopic (exact) mass is 306 g/mol. The van der Waals surface area contributed by atoms with Gasteiger partial charge in [-0.15, -0.1) is 0 Å². The molecule has 1 amide bonds. The second-order valence-electron chi connectivity index (χ2n) is 5.37. The fourth-order valence-corrected chi connectivity index (χ4v) is 2.64. The van der Waals surface area contributed by atoms with E-state index in [1.165, 1.54) is 0 Å². The van der Waals surface area contributed by atoms with Gasteiger partial charge in [0.2, 0.25) is 5.91 Å². The summed E-state index contributed by atoms with van der Waals surface area (Å²) in [4.78, 5) is 27.0. The highest BCUT2D eigenvalue weighted by atomic mass is 16.4. The smallest absolute Gasteiger partial charge is 0.305 e. The van der Waals surface area contributed by atoms with Gasteiger partial charge in [-0.1, -0.05) is 18.2 Å². The van der Waals surface area contributed by atoms with E-state index >= 15 is 0 Å². The minimum absolute atomic E-state index is 0.0132. The fraction of sp³-hybridized carbons (Fsp3) is 0.529. The Morgan fingerprint density at radius 2 is 1.64 bits per heavy atom. The van der Waals surface area contributed by atoms with Crippen molar-refractivity contribution in [2.24, 2.45) is 0 Å². The van der Waals surface area contributed by atoms with E-state index in [1.54, 1.807) is 4.90 Å². The zero-order chi connectivity index (χ0) is 16.7. The maximum atomic E-state index is 12.4. The summed E-state index contributed by atoms with van der Waals surface area (Å²) < 4.78 is 0. The fourth-order valence-electron chi connectivity index (χ4n) is 2.64. The Bertz CT molecular complexity index is 504. The van der Waals surface area contributed by atoms with Crippen molar-refractivity contribution in [3.63, 3.8) is 0 Å². The van der Waals surface area contributed by atoms with Crippen LogP contribution in [0.4, 0.5) is 5.69 Å². The molecule has 1 N–H and O–H groups in total. The van der Waals surface area contributed by atoms with Crippen molar-refractivity contribution < 1.29 is 14.7 Å². The van der Waals surface area contributed by atoms with Gasteiger partial charge in [0, 0.05) is 25.3 Å². The summed E-state index contributed by atoms with van der Waals surface area (Å²) in [6, 6.07) is 5.94. The van der Waals surface area contributed by atoms with Crippen molar-refractivity contribution in [1.29, 1.82) is 0 Å². The first-order valence-corrected chi connectivity index (χ1v) is 7.71. The lowest BCUT2D eigenvalue weighted by atomic mass is 10.1. The first-order valence-electron chi connectivity index (χ1n) is 7.71. The van der Waals surface area contributed by atoms with E-state index in [1.807, 2.05) is 50.8 Å². The molecule has 0 aliphatic heterocycles. The van der Waals surface area contributed by atoms with E-state index in [4.69, 9.17) is 5.11 Å². The third-order valence-corrected chi connectivity index (χ3v) is 3.79. The van der Waals surface area contributed by atoms with Crippen LogP contribution in [0.2, 0.25) is 0 Å². The van der Waals surface area contributed by atoms with Gasteiger partial charge in [-0.2, -0.15) is 0 Å². The molecule has 1 aromatic rings. The number of carboxylic acid groups (broad SMARTS) is 1. The van der Waals surface area contributed by atoms with Crippen molar-refractivity contribution in [2.45, 2.75) is 34.1 Å². The van der Waals surface area contributed by atoms with Crippen molar-refractivity contribution >= 4 is 17.6 Å². The standard InChI is InChI=1S/C17H26N2O3/c1-5-18(6-2)15(20)12-19(11-10-16(21)22)17-13(3)8-7-9-14(17)4/h7-9H,5-6,10-12H2,1-4H3,(H,21,22). The number of para-hydroxylation sites is 1. The van der Waals surface area contributed by atoms with Crippen molar-refractivity contribution in [2.75, 3.05) is 31.1 Å². The molecule has 0 unspecified atom stereocenters. The summed E-state index contributed by atoms with van der Waals surface area (Å²) in [7, 11) is 0. The number of carbonyl (C=O) groups is 2. The SMILES string of the molecule is CCN(CC)C(=O)CN(CCC(=O)O)c1c(C)cccc1C. The summed E-state index contributed by atoms with van der Waals surface area (Å²) in [6.45, 7) is 9.72. The molecule has 0 spiro atoms. The number of aliphatic carboxylic acids is 1. The average molecular weight is 306 g/mol. The molecule has 5 nitrogen and oxygen atoms in total. The van der Waals surface area contributed by atoms with Gasteiger partial charge in [-0.25, -0.2) is 0 Å². The summed E-state index contributed by atoms with van der Waals surface area (Å²) in [5.41, 5.74) is 3.07. The largest absolute Gasteiger partial charge is 0.481 e. The van der Waals surface area contributed by atoms with Crippen LogP contribution in [0.3, 0.4) is 0 Å². The molecule has 0 radical (unpaired) electrons. The maximum Gasteiger partial charge on any atom is 0.305 e. The molecule has 1 aromatic carbocycles. The molecule has 1 rings (SSSR count). The van der Waals surface area contributed by atoms with Gasteiger partial charge in [0.15, 0.2) is 0 Å². The molecule has 0 fully saturated rings. The normalized spacial score (nSPS) is 10.4. The first-order chi connectivity index (χ1) is 10.4. The zero-order valence-electron chi connectivity index (χ0n) is 13.9. The van der Waals surface area contributed by atoms with Crippen LogP contribution in [0.15, 0.2) is 18.2 Å². The lowest BCUT2D eigenvalue weighted by Gasteiger charge is -2.29. The number of hydrogen-bond donors (Lipinski definition) is 1. The van der Waals surface area contributed by atoms with Crippen molar-refractivity contribution in [1.82, 2.24) is 4.90 Å². The summed E-state index contributed by atoms with van der Waals surface area (Å²) in [5, 5.41) is 8.96. The van der Waals surface area contributed by atoms with Crippen LogP contribution >= 0.6 is 0 Å². The van der Waals surface area contributed by atoms with Crippen LogP contribution in [-0.4, -0.2) is 48.1 Å². The predicted octanol–water partition coefficient (Wildman–Crippen LogP) is 2.45. The van der Waals surface area contributed by atoms with E-state index in [0.29, 0.717) is 19.6 Å². The maximum absolute atomic E-state index is 12.4. The van der Waals surface area contributed by atoms with Crippen LogP contribution in [0.25, 0.3) is 0 Å². The number of amides is 1. The van der Waals surface area contributed by atoms with Gasteiger partial charge in [-0.3, -0.25) is 9.59 Å². The lowest BCUT2D eigenvalue weighted by Crippen LogP contribution is -2.41. The first kappa shape index (κ1) is 18.0. The van der Waals surface area contributed by atoms with Crippen LogP contribution in [-0.2, 0) is 9.59 Å². The van der Waals surface area contributed by atoms with E-state index in [0.717, 1.165) is 16.8 Å². The summed E-state index contributed by atoms with van der Waals surface area (Å²) in [6.07, 6.45) is 0.0132. The molecule has 0 saturated heterocycles. The molecular formula is C17H26N2O3. The highest BCUT2D eigenvalue weighted by molar-refractivity contribution is 5.82. The Morgan fingerprint density at radius 1 is 1.09 bits per heavy atom. The molecule has 0 atom stereocenters. The number of hydrogen-bond acceptors (Lipinski definition) is 3. The topological polar surface area (TPSA) is 60.9 Å². The molecule has 0 aliphatic carbocycles. The number of nitrogens with zero attached hydrogens (tertiary/aromatic N) is 2. The predicted molar refractivity (Wildman–Crippen MR) is 88.3 cm³/mol. The molecule has 0 aliphatic rings. The Labute approximate surface area is 132 Å². The summed E-state index contributed by atoms with van der Waals surface area (Å²) in [5.74, 6) is -0.829. The van der Waals surface area contributed by atoms with Gasteiger partial charge in [0.05, 0.1) is 13.0 Å². The Morgan fingerprint density at radius 3 is 2.09 bits per heavy atom. The molecule has 0 aromatic heterocycles. The van der Waals surface area contributed by atoms with Gasteiger partial charge >= 0.3 is 5.97 Å². The number of carbonyl (C=O) groups excluding carboxylic acids is 1. The number of anilines is 1. The van der Waals surface area contributed by atoms with Gasteiger partial charge < -0.3 is 14.9 Å². The molecule has 22 heavy (non-hydrogen) atoms.